The number of hydrogen-bond acceptors (Lipinski definition) is 4. The predicted molar refractivity (Wildman–Crippen MR) is 140 cm³/mol. The summed E-state index contributed by atoms with van der Waals surface area (Å²) in [4.78, 5) is 57.7. The van der Waals surface area contributed by atoms with Crippen molar-refractivity contribution in [3.05, 3.63) is 100 Å². The Labute approximate surface area is 221 Å². The number of amides is 4. The third-order valence-electron chi connectivity index (χ3n) is 7.00. The third kappa shape index (κ3) is 3.71. The molecule has 0 spiro atoms. The van der Waals surface area contributed by atoms with Gasteiger partial charge in [-0.05, 0) is 41.5 Å². The molecule has 3 heterocycles. The zero-order valence-corrected chi connectivity index (χ0v) is 20.6. The van der Waals surface area contributed by atoms with E-state index >= 15 is 0 Å². The van der Waals surface area contributed by atoms with Crippen LogP contribution in [0.15, 0.2) is 72.8 Å². The molecule has 2 aliphatic rings. The van der Waals surface area contributed by atoms with Gasteiger partial charge in [-0.1, -0.05) is 54.1 Å². The molecule has 4 amide bonds. The molecule has 10 heteroatoms. The minimum Gasteiger partial charge on any atom is -0.480 e. The molecule has 2 atom stereocenters. The van der Waals surface area contributed by atoms with E-state index in [4.69, 9.17) is 16.7 Å². The summed E-state index contributed by atoms with van der Waals surface area (Å²) in [5.41, 5.74) is 3.52. The van der Waals surface area contributed by atoms with Crippen molar-refractivity contribution in [2.24, 2.45) is 0 Å². The van der Waals surface area contributed by atoms with E-state index in [9.17, 15) is 19.2 Å². The molecule has 190 valence electrons. The lowest BCUT2D eigenvalue weighted by Gasteiger charge is -2.36. The molecular formula is C28H21ClN4O5. The van der Waals surface area contributed by atoms with Crippen molar-refractivity contribution in [1.82, 2.24) is 15.2 Å². The van der Waals surface area contributed by atoms with Gasteiger partial charge in [0.25, 0.3) is 11.8 Å². The first-order valence-electron chi connectivity index (χ1n) is 12.0. The fourth-order valence-electron chi connectivity index (χ4n) is 5.43. The summed E-state index contributed by atoms with van der Waals surface area (Å²) >= 11 is 6.33. The van der Waals surface area contributed by atoms with Gasteiger partial charge in [-0.25, -0.2) is 9.69 Å². The van der Waals surface area contributed by atoms with Crippen LogP contribution in [0.3, 0.4) is 0 Å². The fraction of sp³-hybridized carbons (Fsp3) is 0.143. The SMILES string of the molecule is O=C(O)CNC(=O)c1ccccc1N1C(=O)[C@@H]2Cc3c([nH]c4ccccc34)C(c3cccc(Cl)c3)N2C1=O. The topological polar surface area (TPSA) is 123 Å². The van der Waals surface area contributed by atoms with Gasteiger partial charge in [0.05, 0.1) is 11.3 Å². The molecule has 1 unspecified atom stereocenters. The normalized spacial score (nSPS) is 18.4. The lowest BCUT2D eigenvalue weighted by molar-refractivity contribution is -0.135. The number of urea groups is 1. The maximum Gasteiger partial charge on any atom is 0.332 e. The zero-order valence-electron chi connectivity index (χ0n) is 19.8. The number of para-hydroxylation sites is 2. The van der Waals surface area contributed by atoms with Gasteiger partial charge in [-0.3, -0.25) is 19.3 Å². The summed E-state index contributed by atoms with van der Waals surface area (Å²) in [5, 5.41) is 12.7. The first-order valence-corrected chi connectivity index (χ1v) is 12.3. The van der Waals surface area contributed by atoms with Gasteiger partial charge < -0.3 is 15.4 Å². The minimum atomic E-state index is -1.21. The summed E-state index contributed by atoms with van der Waals surface area (Å²) in [6.07, 6.45) is 0.296. The van der Waals surface area contributed by atoms with Crippen LogP contribution in [0.5, 0.6) is 0 Å². The van der Waals surface area contributed by atoms with E-state index in [1.165, 1.54) is 17.0 Å². The largest absolute Gasteiger partial charge is 0.480 e. The van der Waals surface area contributed by atoms with Crippen molar-refractivity contribution in [3.63, 3.8) is 0 Å². The van der Waals surface area contributed by atoms with Crippen LogP contribution < -0.4 is 10.2 Å². The Bertz CT molecular complexity index is 1650. The fourth-order valence-corrected chi connectivity index (χ4v) is 5.63. The molecule has 3 aromatic carbocycles. The number of aromatic amines is 1. The highest BCUT2D eigenvalue weighted by Gasteiger charge is 2.53. The molecule has 1 saturated heterocycles. The minimum absolute atomic E-state index is 0.0265. The Morgan fingerprint density at radius 2 is 1.79 bits per heavy atom. The number of carbonyl (C=O) groups excluding carboxylic acids is 3. The van der Waals surface area contributed by atoms with E-state index in [1.54, 1.807) is 30.3 Å². The maximum absolute atomic E-state index is 14.0. The average Bonchev–Trinajstić information content (AvgIpc) is 3.40. The van der Waals surface area contributed by atoms with Crippen molar-refractivity contribution in [2.75, 3.05) is 11.4 Å². The van der Waals surface area contributed by atoms with Crippen LogP contribution in [-0.4, -0.2) is 51.4 Å². The first kappa shape index (κ1) is 23.7. The molecule has 0 aliphatic carbocycles. The van der Waals surface area contributed by atoms with Crippen LogP contribution in [0.25, 0.3) is 10.9 Å². The van der Waals surface area contributed by atoms with Crippen molar-refractivity contribution in [2.45, 2.75) is 18.5 Å². The maximum atomic E-state index is 14.0. The van der Waals surface area contributed by atoms with Crippen LogP contribution in [0.4, 0.5) is 10.5 Å². The van der Waals surface area contributed by atoms with Crippen LogP contribution >= 0.6 is 11.6 Å². The van der Waals surface area contributed by atoms with E-state index in [-0.39, 0.29) is 11.3 Å². The summed E-state index contributed by atoms with van der Waals surface area (Å²) in [5.74, 6) is -2.37. The number of nitrogens with zero attached hydrogens (tertiary/aromatic N) is 2. The Morgan fingerprint density at radius 3 is 2.58 bits per heavy atom. The van der Waals surface area contributed by atoms with Crippen LogP contribution in [0, 0.1) is 0 Å². The molecule has 0 radical (unpaired) electrons. The number of H-pyrrole nitrogens is 1. The first-order chi connectivity index (χ1) is 18.3. The smallest absolute Gasteiger partial charge is 0.332 e. The molecule has 4 aromatic rings. The number of aromatic nitrogens is 1. The van der Waals surface area contributed by atoms with Gasteiger partial charge in [0.2, 0.25) is 0 Å². The van der Waals surface area contributed by atoms with E-state index < -0.39 is 42.4 Å². The monoisotopic (exact) mass is 528 g/mol. The number of benzene rings is 3. The quantitative estimate of drug-likeness (QED) is 0.336. The van der Waals surface area contributed by atoms with Crippen LogP contribution in [0.1, 0.15) is 33.2 Å². The lowest BCUT2D eigenvalue weighted by atomic mass is 9.89. The van der Waals surface area contributed by atoms with E-state index in [0.29, 0.717) is 11.4 Å². The Morgan fingerprint density at radius 1 is 1.03 bits per heavy atom. The Kier molecular flexibility index (Phi) is 5.65. The summed E-state index contributed by atoms with van der Waals surface area (Å²) in [6, 6.07) is 19.1. The third-order valence-corrected chi connectivity index (χ3v) is 7.24. The number of carbonyl (C=O) groups is 4. The number of hydrogen-bond donors (Lipinski definition) is 3. The van der Waals surface area contributed by atoms with E-state index in [0.717, 1.165) is 32.6 Å². The highest BCUT2D eigenvalue weighted by molar-refractivity contribution is 6.30. The lowest BCUT2D eigenvalue weighted by Crippen LogP contribution is -2.44. The zero-order chi connectivity index (χ0) is 26.6. The number of carboxylic acids is 1. The van der Waals surface area contributed by atoms with E-state index in [1.807, 2.05) is 30.3 Å². The molecule has 0 saturated carbocycles. The molecule has 2 aliphatic heterocycles. The van der Waals surface area contributed by atoms with Gasteiger partial charge in [0.1, 0.15) is 18.6 Å². The number of halogens is 1. The molecule has 3 N–H and O–H groups in total. The molecule has 9 nitrogen and oxygen atoms in total. The summed E-state index contributed by atoms with van der Waals surface area (Å²) < 4.78 is 0. The number of nitrogens with one attached hydrogen (secondary N) is 2. The van der Waals surface area contributed by atoms with Crippen LogP contribution in [0.2, 0.25) is 5.02 Å². The Hall–Kier alpha value is -4.63. The second-order valence-electron chi connectivity index (χ2n) is 9.20. The highest BCUT2D eigenvalue weighted by atomic mass is 35.5. The standard InChI is InChI=1S/C28H21ClN4O5/c29-16-7-5-6-15(12-16)25-24-19(17-8-1-3-10-20(17)31-24)13-22-27(37)33(28(38)32(22)25)21-11-4-2-9-18(21)26(36)30-14-23(34)35/h1-12,22,25,31H,13-14H2,(H,30,36)(H,34,35)/t22-,25?/m0/s1. The van der Waals surface area contributed by atoms with Gasteiger partial charge in [0, 0.05) is 28.0 Å². The molecule has 1 fully saturated rings. The number of imide groups is 1. The summed E-state index contributed by atoms with van der Waals surface area (Å²) in [7, 11) is 0. The highest BCUT2D eigenvalue weighted by Crippen LogP contribution is 2.45. The second-order valence-corrected chi connectivity index (χ2v) is 9.63. The van der Waals surface area contributed by atoms with Crippen LogP contribution in [-0.2, 0) is 16.0 Å². The van der Waals surface area contributed by atoms with Crippen molar-refractivity contribution in [3.8, 4) is 0 Å². The average molecular weight is 529 g/mol. The van der Waals surface area contributed by atoms with Crippen molar-refractivity contribution >= 4 is 52.0 Å². The number of anilines is 1. The number of carboxylic acid groups (broad SMARTS) is 1. The van der Waals surface area contributed by atoms with E-state index in [2.05, 4.69) is 10.3 Å². The predicted octanol–water partition coefficient (Wildman–Crippen LogP) is 4.12. The Balaban J connectivity index is 1.48. The second kappa shape index (κ2) is 9.04. The number of rotatable bonds is 5. The molecular weight excluding hydrogens is 508 g/mol. The van der Waals surface area contributed by atoms with Gasteiger partial charge >= 0.3 is 12.0 Å². The molecule has 0 bridgehead atoms. The molecule has 38 heavy (non-hydrogen) atoms. The molecule has 1 aromatic heterocycles. The van der Waals surface area contributed by atoms with Gasteiger partial charge in [-0.15, -0.1) is 0 Å². The molecule has 6 rings (SSSR count). The number of fused-ring (bicyclic) bond motifs is 4. The van der Waals surface area contributed by atoms with Crippen molar-refractivity contribution < 1.29 is 24.3 Å². The number of aliphatic carboxylic acids is 1. The van der Waals surface area contributed by atoms with Gasteiger partial charge in [0.15, 0.2) is 0 Å². The van der Waals surface area contributed by atoms with Gasteiger partial charge in [-0.2, -0.15) is 0 Å². The summed E-state index contributed by atoms with van der Waals surface area (Å²) in [6.45, 7) is -0.595. The van der Waals surface area contributed by atoms with Crippen molar-refractivity contribution in [1.29, 1.82) is 0 Å².